The van der Waals surface area contributed by atoms with E-state index in [1.165, 1.54) is 35.0 Å². The summed E-state index contributed by atoms with van der Waals surface area (Å²) in [4.78, 5) is 26.3. The number of amides is 2. The molecule has 0 heterocycles. The third-order valence-corrected chi connectivity index (χ3v) is 2.75. The predicted molar refractivity (Wildman–Crippen MR) is 78.0 cm³/mol. The first-order valence-electron chi connectivity index (χ1n) is 6.31. The number of carbonyl (C=O) groups excluding carboxylic acids is 2. The van der Waals surface area contributed by atoms with Gasteiger partial charge in [-0.25, -0.2) is 4.39 Å². The van der Waals surface area contributed by atoms with E-state index < -0.39 is 11.7 Å². The van der Waals surface area contributed by atoms with Gasteiger partial charge >= 0.3 is 0 Å². The number of rotatable bonds is 3. The molecule has 0 bridgehead atoms. The normalized spacial score (nSPS) is 9.57. The van der Waals surface area contributed by atoms with Crippen LogP contribution in [0.25, 0.3) is 0 Å². The number of hydrogen-bond acceptors (Lipinski definition) is 3. The maximum absolute atomic E-state index is 13.8. The smallest absolute Gasteiger partial charge is 0.257 e. The molecule has 0 aliphatic heterocycles. The van der Waals surface area contributed by atoms with E-state index in [0.717, 1.165) is 0 Å². The second-order valence-electron chi connectivity index (χ2n) is 4.65. The Morgan fingerprint density at radius 3 is 2.52 bits per heavy atom. The minimum atomic E-state index is -0.651. The zero-order valence-corrected chi connectivity index (χ0v) is 12.3. The summed E-state index contributed by atoms with van der Waals surface area (Å²) < 4.78 is 13.8. The van der Waals surface area contributed by atoms with Crippen LogP contribution in [0, 0.1) is 17.7 Å². The molecule has 5 nitrogen and oxygen atoms in total. The number of hydrogen-bond donors (Lipinski definition) is 1. The van der Waals surface area contributed by atoms with E-state index >= 15 is 0 Å². The predicted octanol–water partition coefficient (Wildman–Crippen LogP) is 0.296. The van der Waals surface area contributed by atoms with Crippen molar-refractivity contribution in [3.05, 3.63) is 35.1 Å². The zero-order valence-electron chi connectivity index (χ0n) is 12.3. The monoisotopic (exact) mass is 291 g/mol. The molecule has 0 spiro atoms. The summed E-state index contributed by atoms with van der Waals surface area (Å²) in [5.74, 6) is 3.91. The van der Waals surface area contributed by atoms with Gasteiger partial charge in [0.25, 0.3) is 5.91 Å². The molecule has 1 aromatic rings. The molecule has 0 fully saturated rings. The van der Waals surface area contributed by atoms with Crippen molar-refractivity contribution in [1.29, 1.82) is 0 Å². The molecule has 6 heteroatoms. The summed E-state index contributed by atoms with van der Waals surface area (Å²) in [6.07, 6.45) is 0. The Morgan fingerprint density at radius 2 is 1.95 bits per heavy atom. The molecule has 0 unspecified atom stereocenters. The highest BCUT2D eigenvalue weighted by atomic mass is 19.1. The second kappa shape index (κ2) is 7.41. The van der Waals surface area contributed by atoms with Crippen LogP contribution in [0.15, 0.2) is 18.2 Å². The Bertz CT molecular complexity index is 603. The van der Waals surface area contributed by atoms with Crippen LogP contribution >= 0.6 is 0 Å². The Labute approximate surface area is 123 Å². The Hall–Kier alpha value is -2.39. The third-order valence-electron chi connectivity index (χ3n) is 2.75. The van der Waals surface area contributed by atoms with Crippen LogP contribution in [-0.2, 0) is 4.79 Å². The van der Waals surface area contributed by atoms with E-state index in [0.29, 0.717) is 5.56 Å². The van der Waals surface area contributed by atoms with Gasteiger partial charge in [-0.1, -0.05) is 11.8 Å². The van der Waals surface area contributed by atoms with Gasteiger partial charge < -0.3 is 15.5 Å². The molecule has 0 saturated carbocycles. The SMILES string of the molecule is CN(C)C(=O)CN(C)C(=O)c1cc(C#CCN)ccc1F. The summed E-state index contributed by atoms with van der Waals surface area (Å²) in [6, 6.07) is 4.01. The summed E-state index contributed by atoms with van der Waals surface area (Å²) in [5, 5.41) is 0. The topological polar surface area (TPSA) is 66.6 Å². The molecule has 1 aromatic carbocycles. The fourth-order valence-electron chi connectivity index (χ4n) is 1.54. The third kappa shape index (κ3) is 4.58. The van der Waals surface area contributed by atoms with Gasteiger partial charge in [0.1, 0.15) is 5.82 Å². The molecular formula is C15H18FN3O2. The van der Waals surface area contributed by atoms with Crippen molar-refractivity contribution >= 4 is 11.8 Å². The van der Waals surface area contributed by atoms with Crippen LogP contribution in [0.2, 0.25) is 0 Å². The average Bonchev–Trinajstić information content (AvgIpc) is 2.45. The van der Waals surface area contributed by atoms with Crippen molar-refractivity contribution in [2.75, 3.05) is 34.2 Å². The van der Waals surface area contributed by atoms with E-state index in [9.17, 15) is 14.0 Å². The van der Waals surface area contributed by atoms with Gasteiger partial charge in [-0.2, -0.15) is 0 Å². The summed E-state index contributed by atoms with van der Waals surface area (Å²) in [7, 11) is 4.62. The minimum absolute atomic E-state index is 0.118. The molecule has 1 rings (SSSR count). The van der Waals surface area contributed by atoms with Crippen molar-refractivity contribution < 1.29 is 14.0 Å². The molecular weight excluding hydrogens is 273 g/mol. The lowest BCUT2D eigenvalue weighted by Crippen LogP contribution is -2.38. The molecule has 112 valence electrons. The highest BCUT2D eigenvalue weighted by Gasteiger charge is 2.19. The van der Waals surface area contributed by atoms with Crippen LogP contribution < -0.4 is 5.73 Å². The van der Waals surface area contributed by atoms with Crippen LogP contribution in [0.3, 0.4) is 0 Å². The first-order valence-corrected chi connectivity index (χ1v) is 6.31. The quantitative estimate of drug-likeness (QED) is 0.814. The van der Waals surface area contributed by atoms with Gasteiger partial charge in [0.05, 0.1) is 18.7 Å². The number of nitrogens with two attached hydrogens (primary N) is 1. The first kappa shape index (κ1) is 16.7. The molecule has 0 aliphatic rings. The Kier molecular flexibility index (Phi) is 5.88. The maximum Gasteiger partial charge on any atom is 0.257 e. The van der Waals surface area contributed by atoms with Gasteiger partial charge in [-0.3, -0.25) is 9.59 Å². The van der Waals surface area contributed by atoms with Crippen molar-refractivity contribution in [3.63, 3.8) is 0 Å². The van der Waals surface area contributed by atoms with Gasteiger partial charge in [0.15, 0.2) is 0 Å². The Morgan fingerprint density at radius 1 is 1.29 bits per heavy atom. The van der Waals surface area contributed by atoms with E-state index in [4.69, 9.17) is 5.73 Å². The lowest BCUT2D eigenvalue weighted by Gasteiger charge is -2.19. The summed E-state index contributed by atoms with van der Waals surface area (Å²) in [6.45, 7) is 0.0574. The van der Waals surface area contributed by atoms with Crippen LogP contribution in [0.1, 0.15) is 15.9 Å². The molecule has 0 saturated heterocycles. The number of nitrogens with zero attached hydrogens (tertiary/aromatic N) is 2. The molecule has 0 radical (unpaired) electrons. The number of benzene rings is 1. The largest absolute Gasteiger partial charge is 0.347 e. The fraction of sp³-hybridized carbons (Fsp3) is 0.333. The maximum atomic E-state index is 13.8. The van der Waals surface area contributed by atoms with E-state index in [1.54, 1.807) is 14.1 Å². The van der Waals surface area contributed by atoms with Crippen molar-refractivity contribution in [1.82, 2.24) is 9.80 Å². The summed E-state index contributed by atoms with van der Waals surface area (Å²) >= 11 is 0. The van der Waals surface area contributed by atoms with Crippen molar-refractivity contribution in [3.8, 4) is 11.8 Å². The van der Waals surface area contributed by atoms with Gasteiger partial charge in [0, 0.05) is 26.7 Å². The number of likely N-dealkylation sites (N-methyl/N-ethyl adjacent to an activating group) is 2. The second-order valence-corrected chi connectivity index (χ2v) is 4.65. The van der Waals surface area contributed by atoms with E-state index in [1.807, 2.05) is 0 Å². The van der Waals surface area contributed by atoms with E-state index in [-0.39, 0.29) is 24.6 Å². The standard InChI is InChI=1S/C15H18FN3O2/c1-18(2)14(20)10-19(3)15(21)12-9-11(5-4-8-17)6-7-13(12)16/h6-7,9H,8,10,17H2,1-3H3. The summed E-state index contributed by atoms with van der Waals surface area (Å²) in [5.41, 5.74) is 5.65. The van der Waals surface area contributed by atoms with Gasteiger partial charge in [-0.05, 0) is 18.2 Å². The fourth-order valence-corrected chi connectivity index (χ4v) is 1.54. The zero-order chi connectivity index (χ0) is 16.0. The van der Waals surface area contributed by atoms with Gasteiger partial charge in [-0.15, -0.1) is 0 Å². The Balaban J connectivity index is 2.98. The number of halogens is 1. The molecule has 0 aliphatic carbocycles. The van der Waals surface area contributed by atoms with Crippen LogP contribution in [0.5, 0.6) is 0 Å². The molecule has 2 amide bonds. The lowest BCUT2D eigenvalue weighted by molar-refractivity contribution is -0.129. The molecule has 2 N–H and O–H groups in total. The number of carbonyl (C=O) groups is 2. The minimum Gasteiger partial charge on any atom is -0.347 e. The highest BCUT2D eigenvalue weighted by Crippen LogP contribution is 2.12. The molecule has 21 heavy (non-hydrogen) atoms. The first-order chi connectivity index (χ1) is 9.86. The lowest BCUT2D eigenvalue weighted by atomic mass is 10.1. The highest BCUT2D eigenvalue weighted by molar-refractivity contribution is 5.96. The molecule has 0 atom stereocenters. The van der Waals surface area contributed by atoms with Crippen LogP contribution in [0.4, 0.5) is 4.39 Å². The van der Waals surface area contributed by atoms with Crippen LogP contribution in [-0.4, -0.2) is 55.8 Å². The van der Waals surface area contributed by atoms with Crippen molar-refractivity contribution in [2.24, 2.45) is 5.73 Å². The average molecular weight is 291 g/mol. The van der Waals surface area contributed by atoms with Crippen molar-refractivity contribution in [2.45, 2.75) is 0 Å². The molecule has 0 aromatic heterocycles. The van der Waals surface area contributed by atoms with Gasteiger partial charge in [0.2, 0.25) is 5.91 Å². The van der Waals surface area contributed by atoms with E-state index in [2.05, 4.69) is 11.8 Å².